The van der Waals surface area contributed by atoms with Crippen LogP contribution in [0, 0.1) is 0 Å². The fourth-order valence-electron chi connectivity index (χ4n) is 2.64. The molecule has 0 radical (unpaired) electrons. The van der Waals surface area contributed by atoms with Gasteiger partial charge >= 0.3 is 5.97 Å². The lowest BCUT2D eigenvalue weighted by Gasteiger charge is -2.13. The zero-order valence-electron chi connectivity index (χ0n) is 11.2. The van der Waals surface area contributed by atoms with Crippen molar-refractivity contribution in [3.63, 3.8) is 0 Å². The molecule has 0 saturated heterocycles. The molecule has 5 heteroatoms. The highest BCUT2D eigenvalue weighted by molar-refractivity contribution is 6.02. The van der Waals surface area contributed by atoms with Gasteiger partial charge in [0.25, 0.3) is 6.01 Å². The Bertz CT molecular complexity index is 701. The molecule has 1 aliphatic rings. The number of hydrogen-bond donors (Lipinski definition) is 1. The Morgan fingerprint density at radius 3 is 2.70 bits per heavy atom. The second-order valence-corrected chi connectivity index (χ2v) is 4.64. The van der Waals surface area contributed by atoms with E-state index in [4.69, 9.17) is 14.9 Å². The molecule has 1 aliphatic carbocycles. The summed E-state index contributed by atoms with van der Waals surface area (Å²) < 4.78 is 10.3. The van der Waals surface area contributed by atoms with Crippen molar-refractivity contribution < 1.29 is 13.9 Å². The fraction of sp³-hybridized carbons (Fsp3) is 0.200. The molecule has 0 bridgehead atoms. The monoisotopic (exact) mass is 270 g/mol. The number of rotatable bonds is 2. The van der Waals surface area contributed by atoms with Crippen LogP contribution in [0.15, 0.2) is 40.3 Å². The highest BCUT2D eigenvalue weighted by Gasteiger charge is 2.39. The number of carbonyl (C=O) groups is 1. The first-order valence-corrected chi connectivity index (χ1v) is 6.24. The van der Waals surface area contributed by atoms with Crippen molar-refractivity contribution in [2.75, 3.05) is 12.8 Å². The Kier molecular flexibility index (Phi) is 2.82. The van der Waals surface area contributed by atoms with E-state index in [-0.39, 0.29) is 17.9 Å². The number of hydrogen-bond acceptors (Lipinski definition) is 5. The summed E-state index contributed by atoms with van der Waals surface area (Å²) in [6.07, 6.45) is 0. The lowest BCUT2D eigenvalue weighted by molar-refractivity contribution is -0.136. The molecule has 1 aromatic carbocycles. The van der Waals surface area contributed by atoms with E-state index < -0.39 is 0 Å². The van der Waals surface area contributed by atoms with Crippen LogP contribution < -0.4 is 5.73 Å². The molecule has 0 aliphatic heterocycles. The zero-order chi connectivity index (χ0) is 14.3. The molecule has 2 aromatic rings. The van der Waals surface area contributed by atoms with Gasteiger partial charge in [0.2, 0.25) is 0 Å². The Morgan fingerprint density at radius 1 is 1.35 bits per heavy atom. The lowest BCUT2D eigenvalue weighted by atomic mass is 9.91. The number of benzene rings is 1. The summed E-state index contributed by atoms with van der Waals surface area (Å²) in [6.45, 7) is 1.82. The maximum atomic E-state index is 12.1. The van der Waals surface area contributed by atoms with Gasteiger partial charge in [-0.25, -0.2) is 4.79 Å². The largest absolute Gasteiger partial charge is 0.466 e. The molecular formula is C15H14N2O3. The molecule has 0 spiro atoms. The predicted octanol–water partition coefficient (Wildman–Crippen LogP) is 2.35. The first-order chi connectivity index (χ1) is 9.63. The van der Waals surface area contributed by atoms with Crippen molar-refractivity contribution in [2.24, 2.45) is 0 Å². The van der Waals surface area contributed by atoms with Crippen molar-refractivity contribution in [1.29, 1.82) is 0 Å². The van der Waals surface area contributed by atoms with E-state index >= 15 is 0 Å². The van der Waals surface area contributed by atoms with Crippen LogP contribution in [0.25, 0.3) is 5.57 Å². The van der Waals surface area contributed by atoms with Crippen molar-refractivity contribution in [3.8, 4) is 0 Å². The Morgan fingerprint density at radius 2 is 2.05 bits per heavy atom. The number of nitrogens with zero attached hydrogens (tertiary/aromatic N) is 1. The van der Waals surface area contributed by atoms with E-state index in [1.165, 1.54) is 7.11 Å². The number of methoxy groups -OCH3 is 1. The molecule has 0 saturated carbocycles. The quantitative estimate of drug-likeness (QED) is 0.847. The molecular weight excluding hydrogens is 256 g/mol. The number of nitrogen functional groups attached to an aromatic ring is 1. The van der Waals surface area contributed by atoms with Gasteiger partial charge in [-0.05, 0) is 12.5 Å². The summed E-state index contributed by atoms with van der Waals surface area (Å²) in [5, 5.41) is 0. The standard InChI is InChI=1S/C15H14N2O3/c1-8-10(14(18)19-2)11(9-6-4-3-5-7-9)12-13(8)20-15(16)17-12/h3-7,11H,1-2H3,(H2,16,17)/t11-/m0/s1. The van der Waals surface area contributed by atoms with Gasteiger partial charge in [0.05, 0.1) is 18.6 Å². The highest BCUT2D eigenvalue weighted by atomic mass is 16.5. The van der Waals surface area contributed by atoms with Gasteiger partial charge in [0.15, 0.2) is 5.76 Å². The average Bonchev–Trinajstić information content (AvgIpc) is 2.96. The van der Waals surface area contributed by atoms with Crippen molar-refractivity contribution in [3.05, 3.63) is 52.9 Å². The number of carbonyl (C=O) groups excluding carboxylic acids is 1. The summed E-state index contributed by atoms with van der Waals surface area (Å²) in [4.78, 5) is 16.3. The lowest BCUT2D eigenvalue weighted by Crippen LogP contribution is -2.13. The van der Waals surface area contributed by atoms with E-state index in [1.54, 1.807) is 0 Å². The molecule has 1 heterocycles. The molecule has 2 N–H and O–H groups in total. The topological polar surface area (TPSA) is 78.3 Å². The van der Waals surface area contributed by atoms with Crippen LogP contribution in [0.4, 0.5) is 6.01 Å². The first kappa shape index (κ1) is 12.5. The summed E-state index contributed by atoms with van der Waals surface area (Å²) in [6, 6.07) is 9.76. The molecule has 3 rings (SSSR count). The van der Waals surface area contributed by atoms with E-state index in [0.717, 1.165) is 11.1 Å². The van der Waals surface area contributed by atoms with Crippen LogP contribution in [0.2, 0.25) is 0 Å². The maximum absolute atomic E-state index is 12.1. The van der Waals surface area contributed by atoms with E-state index in [0.29, 0.717) is 17.0 Å². The zero-order valence-corrected chi connectivity index (χ0v) is 11.2. The van der Waals surface area contributed by atoms with Crippen molar-refractivity contribution >= 4 is 17.6 Å². The van der Waals surface area contributed by atoms with Crippen LogP contribution in [0.3, 0.4) is 0 Å². The second-order valence-electron chi connectivity index (χ2n) is 4.64. The third kappa shape index (κ3) is 1.71. The van der Waals surface area contributed by atoms with Crippen LogP contribution in [-0.2, 0) is 9.53 Å². The smallest absolute Gasteiger partial charge is 0.335 e. The number of anilines is 1. The highest BCUT2D eigenvalue weighted by Crippen LogP contribution is 2.46. The first-order valence-electron chi connectivity index (χ1n) is 6.24. The summed E-state index contributed by atoms with van der Waals surface area (Å²) in [5.74, 6) is -0.0976. The fourth-order valence-corrected chi connectivity index (χ4v) is 2.64. The maximum Gasteiger partial charge on any atom is 0.335 e. The van der Waals surface area contributed by atoms with Crippen LogP contribution in [0.1, 0.15) is 29.9 Å². The van der Waals surface area contributed by atoms with Gasteiger partial charge in [-0.15, -0.1) is 0 Å². The molecule has 0 fully saturated rings. The minimum atomic E-state index is -0.372. The number of oxazole rings is 1. The molecule has 102 valence electrons. The molecule has 1 aromatic heterocycles. The second kappa shape index (κ2) is 4.52. The summed E-state index contributed by atoms with van der Waals surface area (Å²) >= 11 is 0. The predicted molar refractivity (Wildman–Crippen MR) is 73.8 cm³/mol. The third-order valence-electron chi connectivity index (χ3n) is 3.51. The Hall–Kier alpha value is -2.56. The van der Waals surface area contributed by atoms with Gasteiger partial charge in [-0.2, -0.15) is 4.98 Å². The van der Waals surface area contributed by atoms with Gasteiger partial charge in [-0.3, -0.25) is 0 Å². The summed E-state index contributed by atoms with van der Waals surface area (Å²) in [5.41, 5.74) is 8.54. The Balaban J connectivity index is 2.21. The van der Waals surface area contributed by atoms with Crippen molar-refractivity contribution in [1.82, 2.24) is 4.98 Å². The number of nitrogens with two attached hydrogens (primary N) is 1. The van der Waals surface area contributed by atoms with E-state index in [9.17, 15) is 4.79 Å². The van der Waals surface area contributed by atoms with Gasteiger partial charge in [0, 0.05) is 5.57 Å². The molecule has 0 unspecified atom stereocenters. The Labute approximate surface area is 116 Å². The van der Waals surface area contributed by atoms with E-state index in [1.807, 2.05) is 37.3 Å². The normalized spacial score (nSPS) is 17.2. The summed E-state index contributed by atoms with van der Waals surface area (Å²) in [7, 11) is 1.37. The van der Waals surface area contributed by atoms with Crippen LogP contribution in [-0.4, -0.2) is 18.1 Å². The number of fused-ring (bicyclic) bond motifs is 1. The van der Waals surface area contributed by atoms with Crippen LogP contribution in [0.5, 0.6) is 0 Å². The molecule has 5 nitrogen and oxygen atoms in total. The number of ether oxygens (including phenoxy) is 1. The number of allylic oxidation sites excluding steroid dienone is 1. The molecule has 1 atom stereocenters. The van der Waals surface area contributed by atoms with Gasteiger partial charge in [-0.1, -0.05) is 30.3 Å². The van der Waals surface area contributed by atoms with E-state index in [2.05, 4.69) is 4.98 Å². The number of aromatic nitrogens is 1. The molecule has 20 heavy (non-hydrogen) atoms. The van der Waals surface area contributed by atoms with Crippen LogP contribution >= 0.6 is 0 Å². The molecule has 0 amide bonds. The average molecular weight is 270 g/mol. The minimum Gasteiger partial charge on any atom is -0.466 e. The number of esters is 1. The van der Waals surface area contributed by atoms with Gasteiger partial charge in [0.1, 0.15) is 5.69 Å². The third-order valence-corrected chi connectivity index (χ3v) is 3.51. The SMILES string of the molecule is COC(=O)C1=C(C)c2oc(N)nc2[C@H]1c1ccccc1. The van der Waals surface area contributed by atoms with Gasteiger partial charge < -0.3 is 14.9 Å². The van der Waals surface area contributed by atoms with Crippen molar-refractivity contribution in [2.45, 2.75) is 12.8 Å². The minimum absolute atomic E-state index is 0.110.